The molecule has 12 aliphatic rings. The van der Waals surface area contributed by atoms with Crippen molar-refractivity contribution in [2.45, 2.75) is 220 Å². The summed E-state index contributed by atoms with van der Waals surface area (Å²) < 4.78 is 7.89. The zero-order valence-corrected chi connectivity index (χ0v) is 47.2. The maximum absolute atomic E-state index is 2.64. The first-order chi connectivity index (χ1) is 34.3. The van der Waals surface area contributed by atoms with Crippen LogP contribution in [0.15, 0.2) is 106 Å². The van der Waals surface area contributed by atoms with Crippen molar-refractivity contribution in [3.63, 3.8) is 0 Å². The lowest BCUT2D eigenvalue weighted by atomic mass is 10.00. The fourth-order valence-corrected chi connectivity index (χ4v) is 12.3. The molecule has 3 heteroatoms. The van der Waals surface area contributed by atoms with Crippen LogP contribution in [0.3, 0.4) is 0 Å². The molecule has 0 N–H and O–H groups in total. The Morgan fingerprint density at radius 3 is 1.52 bits per heavy atom. The minimum absolute atomic E-state index is 0.639. The Balaban J connectivity index is 0.000000194. The molecule has 3 unspecified atom stereocenters. The van der Waals surface area contributed by atoms with E-state index in [1.54, 1.807) is 61.5 Å². The second-order valence-electron chi connectivity index (χ2n) is 16.5. The minimum Gasteiger partial charge on any atom is -0.188 e. The predicted octanol–water partition coefficient (Wildman–Crippen LogP) is 18.2. The summed E-state index contributed by atoms with van der Waals surface area (Å²) in [5, 5.41) is 0. The van der Waals surface area contributed by atoms with Gasteiger partial charge in [0.15, 0.2) is 29.5 Å². The van der Waals surface area contributed by atoms with Gasteiger partial charge in [-0.25, -0.2) is 0 Å². The number of allylic oxidation sites excluding steroid dienone is 15. The van der Waals surface area contributed by atoms with Gasteiger partial charge in [0.25, 0.3) is 0 Å². The van der Waals surface area contributed by atoms with Crippen LogP contribution in [0.25, 0.3) is 34.9 Å². The third kappa shape index (κ3) is 10.1. The lowest BCUT2D eigenvalue weighted by Gasteiger charge is -2.10. The van der Waals surface area contributed by atoms with Gasteiger partial charge < -0.3 is 0 Å². The molecule has 3 aromatic rings. The normalized spacial score (nSPS) is 20.3. The summed E-state index contributed by atoms with van der Waals surface area (Å²) in [5.41, 5.74) is 28.2. The van der Waals surface area contributed by atoms with Crippen LogP contribution >= 0.6 is 0 Å². The van der Waals surface area contributed by atoms with Gasteiger partial charge in [0.1, 0.15) is 0 Å². The van der Waals surface area contributed by atoms with E-state index in [0.717, 1.165) is 19.3 Å². The van der Waals surface area contributed by atoms with Crippen LogP contribution in [0, 0.1) is 0 Å². The molecule has 2 bridgehead atoms. The van der Waals surface area contributed by atoms with Crippen molar-refractivity contribution in [3.05, 3.63) is 157 Å². The van der Waals surface area contributed by atoms with Crippen molar-refractivity contribution in [1.82, 2.24) is 0 Å². The third-order valence-electron chi connectivity index (χ3n) is 14.3. The number of hydrogen-bond donors (Lipinski definition) is 0. The highest BCUT2D eigenvalue weighted by Gasteiger charge is 2.49. The van der Waals surface area contributed by atoms with Crippen LogP contribution in [-0.2, 0) is 19.3 Å². The van der Waals surface area contributed by atoms with Gasteiger partial charge in [0.2, 0.25) is 22.8 Å². The van der Waals surface area contributed by atoms with Crippen LogP contribution in [0.2, 0.25) is 0 Å². The van der Waals surface area contributed by atoms with Crippen LogP contribution in [0.5, 0.6) is 0 Å². The van der Waals surface area contributed by atoms with Crippen LogP contribution in [0.1, 0.15) is 251 Å². The SMILES string of the molecule is C1=CC2=C(C1)c1ccc3c4[n+]1C2CCC(=C3)C4.C1=Cc2c(ccc3[n+]2C2CCC4=CCC3=C42)C1.C1=Cc2ccc3[n+](c2C1)C1CCC2=CCC3=C21.CC.CC.CC.CC.CC.CC.CC.CC.CC. The molecule has 2 fully saturated rings. The molecule has 2 saturated carbocycles. The summed E-state index contributed by atoms with van der Waals surface area (Å²) in [6, 6.07) is 16.0. The summed E-state index contributed by atoms with van der Waals surface area (Å²) in [7, 11) is 0. The zero-order valence-electron chi connectivity index (χ0n) is 47.2. The number of hydrogen-bond acceptors (Lipinski definition) is 0. The molecule has 0 saturated heterocycles. The number of pyridine rings is 3. The molecular formula is C66H96N3+3. The van der Waals surface area contributed by atoms with E-state index in [4.69, 9.17) is 0 Å². The van der Waals surface area contributed by atoms with Crippen LogP contribution in [-0.4, -0.2) is 0 Å². The Kier molecular flexibility index (Phi) is 22.6. The second-order valence-corrected chi connectivity index (χ2v) is 16.5. The number of rotatable bonds is 0. The Bertz CT molecular complexity index is 2540. The molecule has 0 spiro atoms. The smallest absolute Gasteiger partial charge is 0.188 e. The average Bonchev–Trinajstić information content (AvgIpc) is 4.27. The van der Waals surface area contributed by atoms with Gasteiger partial charge in [-0.15, -0.1) is 0 Å². The Hall–Kier alpha value is -4.89. The minimum atomic E-state index is 0.639. The van der Waals surface area contributed by atoms with Gasteiger partial charge >= 0.3 is 0 Å². The lowest BCUT2D eigenvalue weighted by molar-refractivity contribution is -0.717. The average molecular weight is 932 g/mol. The van der Waals surface area contributed by atoms with E-state index in [2.05, 4.69) is 105 Å². The van der Waals surface area contributed by atoms with Crippen molar-refractivity contribution in [1.29, 1.82) is 0 Å². The first-order valence-corrected chi connectivity index (χ1v) is 28.8. The monoisotopic (exact) mass is 931 g/mol. The molecular weight excluding hydrogens is 835 g/mol. The van der Waals surface area contributed by atoms with E-state index in [1.165, 1.54) is 97.3 Å². The molecule has 0 radical (unpaired) electrons. The van der Waals surface area contributed by atoms with Crippen LogP contribution in [0.4, 0.5) is 0 Å². The Morgan fingerprint density at radius 1 is 0.406 bits per heavy atom. The molecule has 0 amide bonds. The largest absolute Gasteiger partial charge is 0.210 e. The van der Waals surface area contributed by atoms with E-state index in [0.29, 0.717) is 18.1 Å². The molecule has 15 rings (SSSR count). The highest BCUT2D eigenvalue weighted by molar-refractivity contribution is 5.80. The van der Waals surface area contributed by atoms with E-state index in [1.807, 2.05) is 125 Å². The molecule has 8 aliphatic carbocycles. The molecule has 3 atom stereocenters. The zero-order chi connectivity index (χ0) is 50.9. The summed E-state index contributed by atoms with van der Waals surface area (Å²) in [4.78, 5) is 0. The van der Waals surface area contributed by atoms with Crippen molar-refractivity contribution >= 4 is 34.9 Å². The van der Waals surface area contributed by atoms with Gasteiger partial charge in [0.05, 0.1) is 12.8 Å². The first kappa shape index (κ1) is 56.7. The molecule has 4 aliphatic heterocycles. The van der Waals surface area contributed by atoms with E-state index in [-0.39, 0.29) is 0 Å². The van der Waals surface area contributed by atoms with Crippen LogP contribution < -0.4 is 13.7 Å². The summed E-state index contributed by atoms with van der Waals surface area (Å²) in [5.74, 6) is 0. The van der Waals surface area contributed by atoms with Crippen molar-refractivity contribution < 1.29 is 13.7 Å². The maximum Gasteiger partial charge on any atom is 0.210 e. The Labute approximate surface area is 423 Å². The van der Waals surface area contributed by atoms with Gasteiger partial charge in [-0.1, -0.05) is 173 Å². The predicted molar refractivity (Wildman–Crippen MR) is 304 cm³/mol. The molecule has 372 valence electrons. The molecule has 69 heavy (non-hydrogen) atoms. The summed E-state index contributed by atoms with van der Waals surface area (Å²) in [6.07, 6.45) is 35.9. The molecule has 0 aromatic carbocycles. The third-order valence-corrected chi connectivity index (χ3v) is 14.3. The molecule has 7 heterocycles. The van der Waals surface area contributed by atoms with Crippen molar-refractivity contribution in [2.24, 2.45) is 0 Å². The second kappa shape index (κ2) is 27.5. The lowest BCUT2D eigenvalue weighted by Crippen LogP contribution is -2.43. The van der Waals surface area contributed by atoms with Crippen molar-refractivity contribution in [2.75, 3.05) is 0 Å². The number of fused-ring (bicyclic) bond motifs is 13. The van der Waals surface area contributed by atoms with Gasteiger partial charge in [-0.05, 0) is 80.4 Å². The first-order valence-electron chi connectivity index (χ1n) is 28.8. The molecule has 3 aromatic heterocycles. The fourth-order valence-electron chi connectivity index (χ4n) is 12.3. The number of nitrogens with zero attached hydrogens (tertiary/aromatic N) is 3. The van der Waals surface area contributed by atoms with E-state index >= 15 is 0 Å². The topological polar surface area (TPSA) is 11.6 Å². The van der Waals surface area contributed by atoms with E-state index < -0.39 is 0 Å². The molecule has 3 nitrogen and oxygen atoms in total. The van der Waals surface area contributed by atoms with Gasteiger partial charge in [0, 0.05) is 93.7 Å². The standard InChI is InChI=1S/3C16H14N.9C2H6/c2*1-2-10-5-8-14-12-7-4-11-6-9-15(16(11)12)17(14)13(10)3-1;1-2-12-13(3-1)15-7-5-11-8-10-4-6-14(12)17(15)16(11)9-10;9*1-2/h1,3-5,8,15H,2,6-7,9H2;1-2,4-5,8,15H,3,6-7,9H2;1-2,5,7-8,14H,3-4,6,9H2;9*1-2H3/q3*+1;;;;;;;;;. The quantitative estimate of drug-likeness (QED) is 0.199. The highest BCUT2D eigenvalue weighted by Crippen LogP contribution is 2.52. The fraction of sp³-hybridized carbons (Fsp3) is 0.500. The number of aromatic nitrogens is 3. The summed E-state index contributed by atoms with van der Waals surface area (Å²) in [6.45, 7) is 36.0. The Morgan fingerprint density at radius 2 is 0.899 bits per heavy atom. The highest BCUT2D eigenvalue weighted by atomic mass is 15.1. The maximum atomic E-state index is 2.64. The van der Waals surface area contributed by atoms with Gasteiger partial charge in [-0.2, -0.15) is 13.7 Å². The van der Waals surface area contributed by atoms with Crippen molar-refractivity contribution in [3.8, 4) is 0 Å². The summed E-state index contributed by atoms with van der Waals surface area (Å²) >= 11 is 0. The van der Waals surface area contributed by atoms with E-state index in [9.17, 15) is 0 Å². The van der Waals surface area contributed by atoms with Gasteiger partial charge in [-0.3, -0.25) is 0 Å².